The molecule has 8 rings (SSSR count). The van der Waals surface area contributed by atoms with E-state index in [-0.39, 0.29) is 10.8 Å². The lowest BCUT2D eigenvalue weighted by Crippen LogP contribution is -2.10. The highest BCUT2D eigenvalue weighted by Crippen LogP contribution is 2.43. The van der Waals surface area contributed by atoms with Crippen LogP contribution in [0.5, 0.6) is 0 Å². The molecule has 0 radical (unpaired) electrons. The monoisotopic (exact) mass is 574 g/mol. The number of hydrogen-bond acceptors (Lipinski definition) is 2. The molecule has 0 saturated heterocycles. The molecule has 1 aliphatic carbocycles. The number of rotatable bonds is 2. The summed E-state index contributed by atoms with van der Waals surface area (Å²) in [5, 5.41) is 6.01. The largest absolute Gasteiger partial charge is 0.456 e. The summed E-state index contributed by atoms with van der Waals surface area (Å²) in [6.07, 6.45) is 4.23. The van der Waals surface area contributed by atoms with Crippen LogP contribution in [0.3, 0.4) is 0 Å². The molecule has 2 heterocycles. The Bertz CT molecular complexity index is 2250. The highest BCUT2D eigenvalue weighted by molar-refractivity contribution is 6.24. The van der Waals surface area contributed by atoms with Gasteiger partial charge in [-0.3, -0.25) is 0 Å². The predicted octanol–water partition coefficient (Wildman–Crippen LogP) is 12.2. The first-order chi connectivity index (χ1) is 21.0. The van der Waals surface area contributed by atoms with Gasteiger partial charge < -0.3 is 8.83 Å². The Kier molecular flexibility index (Phi) is 5.81. The van der Waals surface area contributed by atoms with Crippen LogP contribution < -0.4 is 0 Å². The molecular weight excluding hydrogens is 536 g/mol. The predicted molar refractivity (Wildman–Crippen MR) is 186 cm³/mol. The molecule has 0 atom stereocenters. The van der Waals surface area contributed by atoms with Crippen LogP contribution in [-0.2, 0) is 17.3 Å². The van der Waals surface area contributed by atoms with E-state index < -0.39 is 0 Å². The third-order valence-electron chi connectivity index (χ3n) is 9.57. The van der Waals surface area contributed by atoms with Gasteiger partial charge >= 0.3 is 0 Å². The fourth-order valence-electron chi connectivity index (χ4n) is 6.97. The molecule has 2 heteroatoms. The maximum Gasteiger partial charge on any atom is 0.136 e. The van der Waals surface area contributed by atoms with E-state index in [1.54, 1.807) is 0 Å². The van der Waals surface area contributed by atoms with Crippen molar-refractivity contribution in [1.82, 2.24) is 0 Å². The van der Waals surface area contributed by atoms with E-state index in [4.69, 9.17) is 8.83 Å². The summed E-state index contributed by atoms with van der Waals surface area (Å²) >= 11 is 0. The van der Waals surface area contributed by atoms with Gasteiger partial charge in [0.25, 0.3) is 0 Å². The molecule has 0 saturated carbocycles. The first-order valence-corrected chi connectivity index (χ1v) is 15.8. The molecule has 7 aromatic rings. The maximum absolute atomic E-state index is 6.50. The molecule has 218 valence electrons. The molecule has 1 aliphatic rings. The second-order valence-electron chi connectivity index (χ2n) is 14.6. The molecule has 0 unspecified atom stereocenters. The van der Waals surface area contributed by atoms with Gasteiger partial charge in [-0.1, -0.05) is 96.1 Å². The Morgan fingerprint density at radius 1 is 0.477 bits per heavy atom. The van der Waals surface area contributed by atoms with Crippen LogP contribution in [0.25, 0.3) is 66.5 Å². The van der Waals surface area contributed by atoms with E-state index in [9.17, 15) is 0 Å². The van der Waals surface area contributed by atoms with Crippen LogP contribution in [-0.4, -0.2) is 0 Å². The van der Waals surface area contributed by atoms with Crippen molar-refractivity contribution in [1.29, 1.82) is 0 Å². The molecule has 44 heavy (non-hydrogen) atoms. The van der Waals surface area contributed by atoms with E-state index in [0.717, 1.165) is 40.7 Å². The zero-order valence-corrected chi connectivity index (χ0v) is 26.5. The minimum atomic E-state index is 0.138. The van der Waals surface area contributed by atoms with Crippen molar-refractivity contribution in [2.75, 3.05) is 0 Å². The van der Waals surface area contributed by atoms with Gasteiger partial charge in [0, 0.05) is 21.7 Å². The fourth-order valence-corrected chi connectivity index (χ4v) is 6.97. The van der Waals surface area contributed by atoms with E-state index in [0.29, 0.717) is 0 Å². The summed E-state index contributed by atoms with van der Waals surface area (Å²) in [7, 11) is 0. The standard InChI is InChI=1S/C42H38O2/c1-41(2,3)29-13-7-25(8-14-29)27-11-17-33-37(23-27)43-35-21-19-32-31(39(33)35)20-22-36-40(32)34-18-12-28(24-38(34)44-36)26-9-15-30(16-10-26)42(4,5)6/h7-11,13-17,19-24H,12,18H2,1-6H3. The maximum atomic E-state index is 6.50. The van der Waals surface area contributed by atoms with Crippen LogP contribution >= 0.6 is 0 Å². The number of benzene rings is 5. The molecule has 2 nitrogen and oxygen atoms in total. The van der Waals surface area contributed by atoms with Crippen LogP contribution in [0.4, 0.5) is 0 Å². The molecule has 5 aromatic carbocycles. The summed E-state index contributed by atoms with van der Waals surface area (Å²) in [6, 6.07) is 33.3. The number of furan rings is 2. The molecule has 0 bridgehead atoms. The first kappa shape index (κ1) is 27.0. The molecule has 0 amide bonds. The average molecular weight is 575 g/mol. The molecule has 2 aromatic heterocycles. The van der Waals surface area contributed by atoms with Gasteiger partial charge in [-0.05, 0) is 110 Å². The zero-order chi connectivity index (χ0) is 30.4. The lowest BCUT2D eigenvalue weighted by molar-refractivity contribution is 0.590. The van der Waals surface area contributed by atoms with Gasteiger partial charge in [0.15, 0.2) is 0 Å². The fraction of sp³-hybridized carbons (Fsp3) is 0.238. The highest BCUT2D eigenvalue weighted by Gasteiger charge is 2.23. The summed E-state index contributed by atoms with van der Waals surface area (Å²) in [5.74, 6) is 0.993. The van der Waals surface area contributed by atoms with Crippen molar-refractivity contribution in [2.24, 2.45) is 0 Å². The third-order valence-corrected chi connectivity index (χ3v) is 9.57. The van der Waals surface area contributed by atoms with Crippen molar-refractivity contribution in [3.8, 4) is 11.1 Å². The van der Waals surface area contributed by atoms with Gasteiger partial charge in [-0.25, -0.2) is 0 Å². The lowest BCUT2D eigenvalue weighted by atomic mass is 9.85. The van der Waals surface area contributed by atoms with Gasteiger partial charge in [0.1, 0.15) is 22.5 Å². The topological polar surface area (TPSA) is 26.3 Å². The third kappa shape index (κ3) is 4.31. The molecule has 0 aliphatic heterocycles. The molecule has 0 fully saturated rings. The Morgan fingerprint density at radius 2 is 1.02 bits per heavy atom. The summed E-state index contributed by atoms with van der Waals surface area (Å²) in [4.78, 5) is 0. The van der Waals surface area contributed by atoms with Crippen LogP contribution in [0, 0.1) is 0 Å². The minimum Gasteiger partial charge on any atom is -0.456 e. The summed E-state index contributed by atoms with van der Waals surface area (Å²) in [5.41, 5.74) is 12.1. The van der Waals surface area contributed by atoms with Crippen molar-refractivity contribution in [3.05, 3.63) is 119 Å². The quantitative estimate of drug-likeness (QED) is 0.205. The van der Waals surface area contributed by atoms with Gasteiger partial charge in [-0.2, -0.15) is 0 Å². The highest BCUT2D eigenvalue weighted by atomic mass is 16.3. The van der Waals surface area contributed by atoms with Crippen molar-refractivity contribution < 1.29 is 8.83 Å². The van der Waals surface area contributed by atoms with E-state index in [2.05, 4.69) is 139 Å². The normalized spacial score (nSPS) is 14.1. The second-order valence-corrected chi connectivity index (χ2v) is 14.6. The Balaban J connectivity index is 1.21. The SMILES string of the molecule is CC(C)(C)c1ccc(C2=Cc3oc4ccc5c(ccc6oc7cc(-c8ccc(C(C)(C)C)cc8)ccc7c65)c4c3CC2)cc1. The number of allylic oxidation sites excluding steroid dienone is 1. The van der Waals surface area contributed by atoms with Crippen molar-refractivity contribution >= 4 is 55.3 Å². The number of aryl methyl sites for hydroxylation is 1. The Labute approximate surface area is 259 Å². The summed E-state index contributed by atoms with van der Waals surface area (Å²) in [6.45, 7) is 13.5. The molecule has 0 spiro atoms. The number of hydrogen-bond donors (Lipinski definition) is 0. The van der Waals surface area contributed by atoms with E-state index in [1.807, 2.05) is 0 Å². The number of fused-ring (bicyclic) bond motifs is 9. The van der Waals surface area contributed by atoms with Crippen molar-refractivity contribution in [3.63, 3.8) is 0 Å². The summed E-state index contributed by atoms with van der Waals surface area (Å²) < 4.78 is 13.0. The zero-order valence-electron chi connectivity index (χ0n) is 26.5. The van der Waals surface area contributed by atoms with Gasteiger partial charge in [-0.15, -0.1) is 0 Å². The van der Waals surface area contributed by atoms with Crippen LogP contribution in [0.15, 0.2) is 99.8 Å². The molecular formula is C42H38O2. The van der Waals surface area contributed by atoms with Crippen molar-refractivity contribution in [2.45, 2.75) is 65.2 Å². The second kappa shape index (κ2) is 9.47. The van der Waals surface area contributed by atoms with E-state index in [1.165, 1.54) is 60.5 Å². The van der Waals surface area contributed by atoms with Gasteiger partial charge in [0.2, 0.25) is 0 Å². The Morgan fingerprint density at radius 3 is 1.66 bits per heavy atom. The van der Waals surface area contributed by atoms with Crippen LogP contribution in [0.1, 0.15) is 76.0 Å². The average Bonchev–Trinajstić information content (AvgIpc) is 3.58. The Hall–Kier alpha value is -4.56. The van der Waals surface area contributed by atoms with Gasteiger partial charge in [0.05, 0.1) is 0 Å². The first-order valence-electron chi connectivity index (χ1n) is 15.8. The molecule has 0 N–H and O–H groups in total. The lowest BCUT2D eigenvalue weighted by Gasteiger charge is -2.20. The minimum absolute atomic E-state index is 0.138. The van der Waals surface area contributed by atoms with Crippen LogP contribution in [0.2, 0.25) is 0 Å². The van der Waals surface area contributed by atoms with E-state index >= 15 is 0 Å². The smallest absolute Gasteiger partial charge is 0.136 e.